The number of hydrogen-bond donors (Lipinski definition) is 1. The number of rotatable bonds is 6. The van der Waals surface area contributed by atoms with Gasteiger partial charge in [0, 0.05) is 51.9 Å². The number of morpholine rings is 1. The second-order valence-electron chi connectivity index (χ2n) is 7.48. The summed E-state index contributed by atoms with van der Waals surface area (Å²) in [4.78, 5) is 21.5. The molecule has 1 saturated heterocycles. The Morgan fingerprint density at radius 2 is 1.97 bits per heavy atom. The van der Waals surface area contributed by atoms with Crippen LogP contribution >= 0.6 is 0 Å². The monoisotopic (exact) mass is 412 g/mol. The predicted octanol–water partition coefficient (Wildman–Crippen LogP) is 1.40. The van der Waals surface area contributed by atoms with E-state index in [0.29, 0.717) is 37.7 Å². The molecule has 160 valence electrons. The number of hydrogen-bond acceptors (Lipinski definition) is 8. The van der Waals surface area contributed by atoms with Gasteiger partial charge in [0.25, 0.3) is 0 Å². The molecule has 2 aliphatic heterocycles. The first kappa shape index (κ1) is 20.4. The summed E-state index contributed by atoms with van der Waals surface area (Å²) in [6.07, 6.45) is 0.697. The van der Waals surface area contributed by atoms with Crippen LogP contribution in [0.4, 0.5) is 11.9 Å². The summed E-state index contributed by atoms with van der Waals surface area (Å²) in [6.45, 7) is 5.09. The molecular weight excluding hydrogens is 384 g/mol. The second kappa shape index (κ2) is 9.27. The van der Waals surface area contributed by atoms with Crippen molar-refractivity contribution in [1.29, 1.82) is 0 Å². The molecule has 30 heavy (non-hydrogen) atoms. The molecule has 1 aromatic heterocycles. The van der Waals surface area contributed by atoms with E-state index < -0.39 is 0 Å². The van der Waals surface area contributed by atoms with Gasteiger partial charge in [-0.05, 0) is 5.56 Å². The summed E-state index contributed by atoms with van der Waals surface area (Å²) >= 11 is 0. The Hall–Kier alpha value is -2.91. The molecule has 0 saturated carbocycles. The molecular formula is C21H28N6O3. The van der Waals surface area contributed by atoms with Crippen molar-refractivity contribution in [2.24, 2.45) is 7.05 Å². The lowest BCUT2D eigenvalue weighted by atomic mass is 10.0. The van der Waals surface area contributed by atoms with Crippen LogP contribution in [0.1, 0.15) is 12.0 Å². The van der Waals surface area contributed by atoms with Gasteiger partial charge in [-0.15, -0.1) is 5.10 Å². The van der Waals surface area contributed by atoms with Crippen LogP contribution in [-0.2, 0) is 27.9 Å². The Labute approximate surface area is 176 Å². The number of anilines is 2. The van der Waals surface area contributed by atoms with Gasteiger partial charge in [-0.3, -0.25) is 4.90 Å². The molecule has 4 rings (SSSR count). The Kier molecular flexibility index (Phi) is 6.29. The molecule has 0 atom stereocenters. The molecule has 2 aromatic rings. The van der Waals surface area contributed by atoms with Crippen LogP contribution < -0.4 is 10.2 Å². The number of esters is 1. The molecule has 0 aliphatic carbocycles. The lowest BCUT2D eigenvalue weighted by Gasteiger charge is -2.29. The molecule has 3 heterocycles. The van der Waals surface area contributed by atoms with Crippen LogP contribution in [0, 0.1) is 0 Å². The maximum atomic E-state index is 12.5. The third-order valence-electron chi connectivity index (χ3n) is 5.40. The van der Waals surface area contributed by atoms with E-state index in [1.807, 2.05) is 25.2 Å². The minimum atomic E-state index is -0.320. The summed E-state index contributed by atoms with van der Waals surface area (Å²) < 4.78 is 12.2. The zero-order chi connectivity index (χ0) is 20.9. The van der Waals surface area contributed by atoms with Gasteiger partial charge in [0.1, 0.15) is 0 Å². The van der Waals surface area contributed by atoms with Crippen LogP contribution in [-0.4, -0.2) is 72.1 Å². The summed E-state index contributed by atoms with van der Waals surface area (Å²) in [5.74, 6) is 0.967. The van der Waals surface area contributed by atoms with Gasteiger partial charge in [0.2, 0.25) is 11.9 Å². The van der Waals surface area contributed by atoms with Gasteiger partial charge < -0.3 is 19.7 Å². The minimum absolute atomic E-state index is 0.320. The summed E-state index contributed by atoms with van der Waals surface area (Å²) in [5, 5.41) is 7.78. The highest BCUT2D eigenvalue weighted by molar-refractivity contribution is 5.90. The molecule has 1 aromatic carbocycles. The molecule has 1 fully saturated rings. The average Bonchev–Trinajstić information content (AvgIpc) is 3.15. The van der Waals surface area contributed by atoms with E-state index in [4.69, 9.17) is 9.47 Å². The van der Waals surface area contributed by atoms with Gasteiger partial charge in [-0.2, -0.15) is 4.98 Å². The molecule has 0 radical (unpaired) electrons. The smallest absolute Gasteiger partial charge is 0.336 e. The molecule has 9 nitrogen and oxygen atoms in total. The second-order valence-corrected chi connectivity index (χ2v) is 7.48. The van der Waals surface area contributed by atoms with E-state index in [0.717, 1.165) is 37.8 Å². The van der Waals surface area contributed by atoms with Crippen molar-refractivity contribution in [3.8, 4) is 0 Å². The molecule has 0 spiro atoms. The van der Waals surface area contributed by atoms with Crippen LogP contribution in [0.2, 0.25) is 0 Å². The first-order valence-electron chi connectivity index (χ1n) is 10.2. The molecule has 1 N–H and O–H groups in total. The fraction of sp³-hybridized carbons (Fsp3) is 0.476. The summed E-state index contributed by atoms with van der Waals surface area (Å²) in [6, 6.07) is 10.3. The van der Waals surface area contributed by atoms with Gasteiger partial charge >= 0.3 is 5.97 Å². The first-order valence-corrected chi connectivity index (χ1v) is 10.2. The zero-order valence-corrected chi connectivity index (χ0v) is 17.5. The number of ether oxygens (including phenoxy) is 2. The summed E-state index contributed by atoms with van der Waals surface area (Å²) in [7, 11) is 3.29. The molecule has 2 aliphatic rings. The Bertz CT molecular complexity index is 905. The lowest BCUT2D eigenvalue weighted by Crippen LogP contribution is -2.37. The number of carbonyl (C=O) groups is 1. The van der Waals surface area contributed by atoms with Crippen molar-refractivity contribution in [2.75, 3.05) is 56.7 Å². The fourth-order valence-electron chi connectivity index (χ4n) is 3.85. The topological polar surface area (TPSA) is 84.8 Å². The van der Waals surface area contributed by atoms with Crippen LogP contribution in [0.15, 0.2) is 41.6 Å². The lowest BCUT2D eigenvalue weighted by molar-refractivity contribution is -0.136. The highest BCUT2D eigenvalue weighted by Crippen LogP contribution is 2.23. The van der Waals surface area contributed by atoms with E-state index in [9.17, 15) is 4.79 Å². The van der Waals surface area contributed by atoms with Crippen LogP contribution in [0.5, 0.6) is 0 Å². The quantitative estimate of drug-likeness (QED) is 0.713. The van der Waals surface area contributed by atoms with Gasteiger partial charge in [-0.1, -0.05) is 30.3 Å². The average molecular weight is 412 g/mol. The Balaban J connectivity index is 1.50. The summed E-state index contributed by atoms with van der Waals surface area (Å²) in [5.41, 5.74) is 2.67. The third-order valence-corrected chi connectivity index (χ3v) is 5.40. The van der Waals surface area contributed by atoms with Crippen molar-refractivity contribution < 1.29 is 14.3 Å². The third kappa shape index (κ3) is 4.63. The van der Waals surface area contributed by atoms with Crippen LogP contribution in [0.3, 0.4) is 0 Å². The normalized spacial score (nSPS) is 17.9. The number of methoxy groups -OCH3 is 1. The molecule has 9 heteroatoms. The number of carbonyl (C=O) groups excluding carboxylic acids is 1. The Morgan fingerprint density at radius 3 is 2.70 bits per heavy atom. The highest BCUT2D eigenvalue weighted by Gasteiger charge is 2.26. The van der Waals surface area contributed by atoms with E-state index in [2.05, 4.69) is 37.3 Å². The first-order chi connectivity index (χ1) is 14.6. The fourth-order valence-corrected chi connectivity index (χ4v) is 3.85. The Morgan fingerprint density at radius 1 is 1.20 bits per heavy atom. The number of aromatic nitrogens is 3. The van der Waals surface area contributed by atoms with E-state index >= 15 is 0 Å². The number of aryl methyl sites for hydroxylation is 1. The predicted molar refractivity (Wildman–Crippen MR) is 113 cm³/mol. The SMILES string of the molecule is COC(=O)C1=C(Nc2nc(N3CCOCC3)n(C)n2)CCN(Cc2ccccc2)C1. The van der Waals surface area contributed by atoms with Crippen molar-refractivity contribution in [2.45, 2.75) is 13.0 Å². The zero-order valence-electron chi connectivity index (χ0n) is 17.5. The maximum Gasteiger partial charge on any atom is 0.336 e. The largest absolute Gasteiger partial charge is 0.466 e. The molecule has 0 unspecified atom stereocenters. The van der Waals surface area contributed by atoms with Gasteiger partial charge in [0.05, 0.1) is 25.9 Å². The van der Waals surface area contributed by atoms with Crippen LogP contribution in [0.25, 0.3) is 0 Å². The van der Waals surface area contributed by atoms with Gasteiger partial charge in [0.15, 0.2) is 0 Å². The molecule has 0 bridgehead atoms. The van der Waals surface area contributed by atoms with E-state index in [1.54, 1.807) is 4.68 Å². The van der Waals surface area contributed by atoms with Crippen molar-refractivity contribution in [1.82, 2.24) is 19.7 Å². The number of nitrogens with one attached hydrogen (secondary N) is 1. The standard InChI is InChI=1S/C21H28N6O3/c1-25-21(27-10-12-30-13-11-27)23-20(24-25)22-18-8-9-26(15-17(18)19(28)29-2)14-16-6-4-3-5-7-16/h3-7H,8-15H2,1-2H3,(H,22,24). The van der Waals surface area contributed by atoms with Crippen molar-refractivity contribution in [3.05, 3.63) is 47.2 Å². The molecule has 0 amide bonds. The number of nitrogens with zero attached hydrogens (tertiary/aromatic N) is 5. The van der Waals surface area contributed by atoms with Crippen molar-refractivity contribution >= 4 is 17.9 Å². The van der Waals surface area contributed by atoms with Gasteiger partial charge in [-0.25, -0.2) is 9.48 Å². The van der Waals surface area contributed by atoms with E-state index in [1.165, 1.54) is 12.7 Å². The van der Waals surface area contributed by atoms with Crippen molar-refractivity contribution in [3.63, 3.8) is 0 Å². The minimum Gasteiger partial charge on any atom is -0.466 e. The van der Waals surface area contributed by atoms with E-state index in [-0.39, 0.29) is 5.97 Å². The number of benzene rings is 1. The highest BCUT2D eigenvalue weighted by atomic mass is 16.5. The maximum absolute atomic E-state index is 12.5.